The van der Waals surface area contributed by atoms with Gasteiger partial charge in [0.25, 0.3) is 0 Å². The molecule has 2 unspecified atom stereocenters. The molecule has 0 amide bonds. The quantitative estimate of drug-likeness (QED) is 0.354. The van der Waals surface area contributed by atoms with Crippen molar-refractivity contribution in [2.24, 2.45) is 0 Å². The lowest BCUT2D eigenvalue weighted by Gasteiger charge is -2.04. The Morgan fingerprint density at radius 3 is 1.37 bits per heavy atom. The highest BCUT2D eigenvalue weighted by molar-refractivity contribution is 7.85. The predicted octanol–water partition coefficient (Wildman–Crippen LogP) is 5.91. The first-order valence-electron chi connectivity index (χ1n) is 9.54. The van der Waals surface area contributed by atoms with Gasteiger partial charge in [0.1, 0.15) is 5.25 Å². The van der Waals surface area contributed by atoms with Gasteiger partial charge in [-0.25, -0.2) is 0 Å². The number of hydrogen-bond donors (Lipinski definition) is 1. The molecule has 150 valence electrons. The first-order chi connectivity index (χ1) is 13.1. The van der Waals surface area contributed by atoms with Gasteiger partial charge in [-0.1, -0.05) is 79.8 Å². The van der Waals surface area contributed by atoms with Crippen molar-refractivity contribution in [1.82, 2.24) is 0 Å². The molecule has 0 aromatic heterocycles. The molecule has 0 fully saturated rings. The van der Waals surface area contributed by atoms with Crippen molar-refractivity contribution < 1.29 is 14.1 Å². The molecule has 0 aliphatic carbocycles. The van der Waals surface area contributed by atoms with E-state index in [1.54, 1.807) is 6.08 Å². The number of carboxylic acids is 1. The average Bonchev–Trinajstić information content (AvgIpc) is 2.63. The Balaban J connectivity index is 3.74. The fourth-order valence-electron chi connectivity index (χ4n) is 2.12. The fraction of sp³-hybridized carbons (Fsp3) is 0.435. The fourth-order valence-corrected chi connectivity index (χ4v) is 2.79. The second kappa shape index (κ2) is 18.8. The van der Waals surface area contributed by atoms with Crippen LogP contribution in [0.25, 0.3) is 0 Å². The van der Waals surface area contributed by atoms with E-state index in [0.717, 1.165) is 38.5 Å². The Morgan fingerprint density at radius 1 is 0.741 bits per heavy atom. The summed E-state index contributed by atoms with van der Waals surface area (Å²) >= 11 is 0. The predicted molar refractivity (Wildman–Crippen MR) is 118 cm³/mol. The van der Waals surface area contributed by atoms with Gasteiger partial charge in [-0.05, 0) is 44.9 Å². The lowest BCUT2D eigenvalue weighted by molar-refractivity contribution is -0.136. The van der Waals surface area contributed by atoms with Gasteiger partial charge < -0.3 is 5.11 Å². The number of carbonyl (C=O) groups is 1. The van der Waals surface area contributed by atoms with Crippen molar-refractivity contribution in [2.75, 3.05) is 6.26 Å². The van der Waals surface area contributed by atoms with Crippen LogP contribution in [0, 0.1) is 0 Å². The van der Waals surface area contributed by atoms with Gasteiger partial charge in [-0.15, -0.1) is 0 Å². The Hall–Kier alpha value is -1.94. The van der Waals surface area contributed by atoms with Crippen molar-refractivity contribution in [3.63, 3.8) is 0 Å². The van der Waals surface area contributed by atoms with Gasteiger partial charge in [-0.3, -0.25) is 9.00 Å². The van der Waals surface area contributed by atoms with Gasteiger partial charge >= 0.3 is 5.97 Å². The third-order valence-corrected chi connectivity index (χ3v) is 4.82. The van der Waals surface area contributed by atoms with Crippen LogP contribution in [0.4, 0.5) is 0 Å². The molecule has 0 saturated carbocycles. The van der Waals surface area contributed by atoms with Gasteiger partial charge in [-0.2, -0.15) is 0 Å². The second-order valence-corrected chi connectivity index (χ2v) is 7.54. The summed E-state index contributed by atoms with van der Waals surface area (Å²) in [7, 11) is -1.34. The van der Waals surface area contributed by atoms with Gasteiger partial charge in [0, 0.05) is 17.1 Å². The molecule has 0 radical (unpaired) electrons. The van der Waals surface area contributed by atoms with E-state index in [2.05, 4.69) is 61.6 Å². The minimum atomic E-state index is -1.34. The first-order valence-corrected chi connectivity index (χ1v) is 11.2. The Morgan fingerprint density at radius 2 is 1.07 bits per heavy atom. The van der Waals surface area contributed by atoms with Crippen LogP contribution in [0.15, 0.2) is 72.9 Å². The Bertz CT molecular complexity index is 566. The minimum absolute atomic E-state index is 0.309. The lowest BCUT2D eigenvalue weighted by Crippen LogP contribution is -2.23. The molecule has 4 heteroatoms. The number of aliphatic carboxylic acids is 1. The zero-order valence-electron chi connectivity index (χ0n) is 16.6. The maximum Gasteiger partial charge on any atom is 0.319 e. The van der Waals surface area contributed by atoms with Crippen LogP contribution >= 0.6 is 0 Å². The second-order valence-electron chi connectivity index (χ2n) is 5.98. The van der Waals surface area contributed by atoms with E-state index in [1.165, 1.54) is 6.26 Å². The lowest BCUT2D eigenvalue weighted by atomic mass is 10.2. The molecule has 0 heterocycles. The van der Waals surface area contributed by atoms with Crippen molar-refractivity contribution in [3.8, 4) is 0 Å². The van der Waals surface area contributed by atoms with E-state index in [9.17, 15) is 9.00 Å². The molecular weight excluding hydrogens is 356 g/mol. The van der Waals surface area contributed by atoms with E-state index in [0.29, 0.717) is 6.42 Å². The van der Waals surface area contributed by atoms with Gasteiger partial charge in [0.15, 0.2) is 0 Å². The summed E-state index contributed by atoms with van der Waals surface area (Å²) < 4.78 is 11.3. The Kier molecular flexibility index (Phi) is 17.5. The SMILES string of the molecule is CC/C=C\C/C=C\C/C=C\C/C=C\C/C=C\C/C=C\CC(C(=O)O)S(C)=O. The maximum atomic E-state index is 11.3. The van der Waals surface area contributed by atoms with Crippen LogP contribution in [0.5, 0.6) is 0 Å². The summed E-state index contributed by atoms with van der Waals surface area (Å²) in [6, 6.07) is 0. The van der Waals surface area contributed by atoms with E-state index < -0.39 is 22.0 Å². The topological polar surface area (TPSA) is 54.4 Å². The molecule has 0 aliphatic rings. The number of rotatable bonds is 15. The summed E-state index contributed by atoms with van der Waals surface area (Å²) in [5.74, 6) is -1.00. The van der Waals surface area contributed by atoms with E-state index in [-0.39, 0.29) is 0 Å². The summed E-state index contributed by atoms with van der Waals surface area (Å²) in [6.07, 6.45) is 32.7. The summed E-state index contributed by atoms with van der Waals surface area (Å²) in [5.41, 5.74) is 0. The molecule has 0 spiro atoms. The van der Waals surface area contributed by atoms with Crippen LogP contribution in [0.3, 0.4) is 0 Å². The van der Waals surface area contributed by atoms with Crippen LogP contribution < -0.4 is 0 Å². The smallest absolute Gasteiger partial charge is 0.319 e. The third-order valence-electron chi connectivity index (χ3n) is 3.62. The molecule has 1 N–H and O–H groups in total. The highest BCUT2D eigenvalue weighted by Crippen LogP contribution is 2.03. The van der Waals surface area contributed by atoms with Crippen molar-refractivity contribution in [3.05, 3.63) is 72.9 Å². The van der Waals surface area contributed by atoms with Crippen molar-refractivity contribution in [2.45, 2.75) is 57.1 Å². The average molecular weight is 391 g/mol. The standard InChI is InChI=1S/C23H34O3S/c1-3-4-5-6-7-8-9-10-11-12-13-14-15-16-17-18-19-20-21-22(23(24)25)27(2)26/h4-5,7-8,10-11,13-14,16-17,19-20,22H,3,6,9,12,15,18,21H2,1-2H3,(H,24,25)/b5-4-,8-7-,11-10-,14-13-,17-16-,20-19-. The van der Waals surface area contributed by atoms with Crippen molar-refractivity contribution in [1.29, 1.82) is 0 Å². The third kappa shape index (κ3) is 17.2. The first kappa shape index (κ1) is 25.1. The molecule has 0 aromatic carbocycles. The molecule has 0 rings (SSSR count). The summed E-state index contributed by atoms with van der Waals surface area (Å²) in [6.45, 7) is 2.14. The zero-order chi connectivity index (χ0) is 20.2. The molecule has 3 nitrogen and oxygen atoms in total. The highest BCUT2D eigenvalue weighted by atomic mass is 32.2. The van der Waals surface area contributed by atoms with Crippen LogP contribution in [-0.2, 0) is 15.6 Å². The van der Waals surface area contributed by atoms with Gasteiger partial charge in [0.05, 0.1) is 0 Å². The number of hydrogen-bond acceptors (Lipinski definition) is 2. The molecular formula is C23H34O3S. The van der Waals surface area contributed by atoms with E-state index in [1.807, 2.05) is 12.2 Å². The summed E-state index contributed by atoms with van der Waals surface area (Å²) in [5, 5.41) is 8.12. The molecule has 2 atom stereocenters. The van der Waals surface area contributed by atoms with Gasteiger partial charge in [0.2, 0.25) is 0 Å². The number of allylic oxidation sites excluding steroid dienone is 12. The van der Waals surface area contributed by atoms with Crippen LogP contribution in [-0.4, -0.2) is 26.8 Å². The monoisotopic (exact) mass is 390 g/mol. The van der Waals surface area contributed by atoms with Crippen LogP contribution in [0.2, 0.25) is 0 Å². The molecule has 0 saturated heterocycles. The molecule has 27 heavy (non-hydrogen) atoms. The molecule has 0 aromatic rings. The van der Waals surface area contributed by atoms with Crippen LogP contribution in [0.1, 0.15) is 51.9 Å². The van der Waals surface area contributed by atoms with E-state index in [4.69, 9.17) is 5.11 Å². The molecule has 0 bridgehead atoms. The minimum Gasteiger partial charge on any atom is -0.480 e. The highest BCUT2D eigenvalue weighted by Gasteiger charge is 2.19. The Labute approximate surface area is 167 Å². The number of carboxylic acid groups (broad SMARTS) is 1. The van der Waals surface area contributed by atoms with Crippen molar-refractivity contribution >= 4 is 16.8 Å². The molecule has 0 aliphatic heterocycles. The largest absolute Gasteiger partial charge is 0.480 e. The van der Waals surface area contributed by atoms with E-state index >= 15 is 0 Å². The summed E-state index contributed by atoms with van der Waals surface area (Å²) in [4.78, 5) is 10.9. The maximum absolute atomic E-state index is 11.3. The zero-order valence-corrected chi connectivity index (χ0v) is 17.4. The normalized spacial score (nSPS) is 15.3.